The fourth-order valence-electron chi connectivity index (χ4n) is 1.26. The monoisotopic (exact) mass is 259 g/mol. The van der Waals surface area contributed by atoms with Gasteiger partial charge in [-0.3, -0.25) is 4.79 Å². The van der Waals surface area contributed by atoms with E-state index >= 15 is 0 Å². The van der Waals surface area contributed by atoms with Crippen LogP contribution in [-0.2, 0) is 16.1 Å². The molecule has 94 valence electrons. The highest BCUT2D eigenvalue weighted by atomic mass is 35.5. The Morgan fingerprint density at radius 1 is 1.53 bits per heavy atom. The molecule has 1 aromatic rings. The first-order valence-corrected chi connectivity index (χ1v) is 5.71. The Morgan fingerprint density at radius 2 is 2.24 bits per heavy atom. The SMILES string of the molecule is CC(C)OC(=O)CNCc1ccc(F)c(Cl)c1. The third-order valence-corrected chi connectivity index (χ3v) is 2.24. The molecule has 0 aliphatic carbocycles. The largest absolute Gasteiger partial charge is 0.462 e. The first kappa shape index (κ1) is 13.9. The second-order valence-electron chi connectivity index (χ2n) is 3.89. The van der Waals surface area contributed by atoms with Crippen LogP contribution in [0.15, 0.2) is 18.2 Å². The van der Waals surface area contributed by atoms with Gasteiger partial charge in [-0.25, -0.2) is 4.39 Å². The van der Waals surface area contributed by atoms with E-state index < -0.39 is 5.82 Å². The molecule has 1 rings (SSSR count). The number of benzene rings is 1. The molecule has 0 saturated heterocycles. The van der Waals surface area contributed by atoms with E-state index in [1.54, 1.807) is 19.9 Å². The van der Waals surface area contributed by atoms with Crippen LogP contribution in [0.25, 0.3) is 0 Å². The van der Waals surface area contributed by atoms with Crippen molar-refractivity contribution in [3.05, 3.63) is 34.6 Å². The van der Waals surface area contributed by atoms with Crippen molar-refractivity contribution in [2.45, 2.75) is 26.5 Å². The van der Waals surface area contributed by atoms with Crippen LogP contribution in [-0.4, -0.2) is 18.6 Å². The minimum Gasteiger partial charge on any atom is -0.462 e. The minimum atomic E-state index is -0.449. The Balaban J connectivity index is 2.36. The van der Waals surface area contributed by atoms with E-state index in [2.05, 4.69) is 5.32 Å². The summed E-state index contributed by atoms with van der Waals surface area (Å²) in [6.45, 7) is 4.13. The van der Waals surface area contributed by atoms with Crippen LogP contribution < -0.4 is 5.32 Å². The van der Waals surface area contributed by atoms with Crippen LogP contribution in [0.2, 0.25) is 5.02 Å². The molecule has 1 N–H and O–H groups in total. The van der Waals surface area contributed by atoms with Gasteiger partial charge in [-0.1, -0.05) is 17.7 Å². The average molecular weight is 260 g/mol. The molecule has 0 spiro atoms. The lowest BCUT2D eigenvalue weighted by Crippen LogP contribution is -2.26. The maximum absolute atomic E-state index is 12.9. The molecular weight excluding hydrogens is 245 g/mol. The van der Waals surface area contributed by atoms with Crippen LogP contribution in [0.3, 0.4) is 0 Å². The van der Waals surface area contributed by atoms with Crippen molar-refractivity contribution in [2.24, 2.45) is 0 Å². The zero-order valence-electron chi connectivity index (χ0n) is 9.80. The molecule has 0 heterocycles. The van der Waals surface area contributed by atoms with Crippen molar-refractivity contribution in [1.29, 1.82) is 0 Å². The maximum atomic E-state index is 12.9. The summed E-state index contributed by atoms with van der Waals surface area (Å²) >= 11 is 5.63. The third-order valence-electron chi connectivity index (χ3n) is 1.95. The zero-order chi connectivity index (χ0) is 12.8. The molecule has 5 heteroatoms. The third kappa shape index (κ3) is 5.15. The van der Waals surface area contributed by atoms with E-state index in [0.29, 0.717) is 6.54 Å². The summed E-state index contributed by atoms with van der Waals surface area (Å²) in [5, 5.41) is 2.98. The predicted molar refractivity (Wildman–Crippen MR) is 64.3 cm³/mol. The molecule has 17 heavy (non-hydrogen) atoms. The number of carbonyl (C=O) groups is 1. The predicted octanol–water partition coefficient (Wildman–Crippen LogP) is 2.52. The number of esters is 1. The van der Waals surface area contributed by atoms with Crippen LogP contribution in [0.5, 0.6) is 0 Å². The fraction of sp³-hybridized carbons (Fsp3) is 0.417. The smallest absolute Gasteiger partial charge is 0.320 e. The van der Waals surface area contributed by atoms with E-state index in [1.165, 1.54) is 12.1 Å². The number of hydrogen-bond donors (Lipinski definition) is 1. The Bertz CT molecular complexity index is 396. The zero-order valence-corrected chi connectivity index (χ0v) is 10.6. The summed E-state index contributed by atoms with van der Waals surface area (Å²) in [5.74, 6) is -0.761. The summed E-state index contributed by atoms with van der Waals surface area (Å²) in [5.41, 5.74) is 0.814. The molecule has 0 unspecified atom stereocenters. The van der Waals surface area contributed by atoms with Gasteiger partial charge < -0.3 is 10.1 Å². The van der Waals surface area contributed by atoms with Gasteiger partial charge in [0.2, 0.25) is 0 Å². The summed E-state index contributed by atoms with van der Waals surface area (Å²) in [4.78, 5) is 11.2. The molecule has 0 fully saturated rings. The number of carbonyl (C=O) groups excluding carboxylic acids is 1. The van der Waals surface area contributed by atoms with Crippen molar-refractivity contribution in [1.82, 2.24) is 5.32 Å². The van der Waals surface area contributed by atoms with Gasteiger partial charge in [-0.2, -0.15) is 0 Å². The number of hydrogen-bond acceptors (Lipinski definition) is 3. The Kier molecular flexibility index (Phi) is 5.38. The molecule has 1 aromatic carbocycles. The Labute approximate surface area is 105 Å². The molecule has 0 aliphatic heterocycles. The molecule has 0 aliphatic rings. The molecule has 3 nitrogen and oxygen atoms in total. The standard InChI is InChI=1S/C12H15ClFNO2/c1-8(2)17-12(16)7-15-6-9-3-4-11(14)10(13)5-9/h3-5,8,15H,6-7H2,1-2H3. The summed E-state index contributed by atoms with van der Waals surface area (Å²) in [6, 6.07) is 4.44. The lowest BCUT2D eigenvalue weighted by Gasteiger charge is -2.09. The van der Waals surface area contributed by atoms with Crippen LogP contribution in [0.1, 0.15) is 19.4 Å². The van der Waals surface area contributed by atoms with Crippen LogP contribution in [0, 0.1) is 5.82 Å². The Hall–Kier alpha value is -1.13. The summed E-state index contributed by atoms with van der Waals surface area (Å²) in [7, 11) is 0. The van der Waals surface area contributed by atoms with Gasteiger partial charge in [0, 0.05) is 6.54 Å². The number of nitrogens with one attached hydrogen (secondary N) is 1. The second-order valence-corrected chi connectivity index (χ2v) is 4.30. The van der Waals surface area contributed by atoms with Crippen LogP contribution >= 0.6 is 11.6 Å². The quantitative estimate of drug-likeness (QED) is 0.826. The van der Waals surface area contributed by atoms with Gasteiger partial charge >= 0.3 is 5.97 Å². The van der Waals surface area contributed by atoms with Crippen molar-refractivity contribution >= 4 is 17.6 Å². The lowest BCUT2D eigenvalue weighted by molar-refractivity contribution is -0.146. The average Bonchev–Trinajstić information content (AvgIpc) is 2.22. The van der Waals surface area contributed by atoms with E-state index in [9.17, 15) is 9.18 Å². The van der Waals surface area contributed by atoms with Gasteiger partial charge in [-0.15, -0.1) is 0 Å². The number of rotatable bonds is 5. The number of halogens is 2. The lowest BCUT2D eigenvalue weighted by atomic mass is 10.2. The fourth-order valence-corrected chi connectivity index (χ4v) is 1.47. The molecular formula is C12H15ClFNO2. The van der Waals surface area contributed by atoms with Gasteiger partial charge in [-0.05, 0) is 31.5 Å². The molecule has 0 aromatic heterocycles. The molecule has 0 saturated carbocycles. The summed E-state index contributed by atoms with van der Waals surface area (Å²) < 4.78 is 17.8. The summed E-state index contributed by atoms with van der Waals surface area (Å²) in [6.07, 6.45) is -0.121. The van der Waals surface area contributed by atoms with Crippen molar-refractivity contribution in [3.63, 3.8) is 0 Å². The van der Waals surface area contributed by atoms with Gasteiger partial charge in [0.25, 0.3) is 0 Å². The van der Waals surface area contributed by atoms with E-state index in [0.717, 1.165) is 5.56 Å². The first-order valence-electron chi connectivity index (χ1n) is 5.33. The molecule has 0 bridgehead atoms. The highest BCUT2D eigenvalue weighted by molar-refractivity contribution is 6.30. The topological polar surface area (TPSA) is 38.3 Å². The van der Waals surface area contributed by atoms with E-state index in [-0.39, 0.29) is 23.6 Å². The van der Waals surface area contributed by atoms with Crippen molar-refractivity contribution in [3.8, 4) is 0 Å². The van der Waals surface area contributed by atoms with Gasteiger partial charge in [0.05, 0.1) is 17.7 Å². The first-order chi connectivity index (χ1) is 7.99. The molecule has 0 amide bonds. The second kappa shape index (κ2) is 6.57. The maximum Gasteiger partial charge on any atom is 0.320 e. The highest BCUT2D eigenvalue weighted by Gasteiger charge is 2.05. The highest BCUT2D eigenvalue weighted by Crippen LogP contribution is 2.15. The molecule has 0 radical (unpaired) electrons. The van der Waals surface area contributed by atoms with Crippen molar-refractivity contribution < 1.29 is 13.9 Å². The van der Waals surface area contributed by atoms with Crippen molar-refractivity contribution in [2.75, 3.05) is 6.54 Å². The molecule has 0 atom stereocenters. The van der Waals surface area contributed by atoms with Gasteiger partial charge in [0.1, 0.15) is 5.82 Å². The van der Waals surface area contributed by atoms with E-state index in [4.69, 9.17) is 16.3 Å². The van der Waals surface area contributed by atoms with E-state index in [1.807, 2.05) is 0 Å². The normalized spacial score (nSPS) is 10.6. The van der Waals surface area contributed by atoms with Gasteiger partial charge in [0.15, 0.2) is 0 Å². The van der Waals surface area contributed by atoms with Crippen LogP contribution in [0.4, 0.5) is 4.39 Å². The number of ether oxygens (including phenoxy) is 1. The minimum absolute atomic E-state index is 0.0778. The Morgan fingerprint density at radius 3 is 2.82 bits per heavy atom.